The lowest BCUT2D eigenvalue weighted by Gasteiger charge is -2.30. The molecule has 1 unspecified atom stereocenters. The van der Waals surface area contributed by atoms with Crippen molar-refractivity contribution in [2.75, 3.05) is 19.7 Å². The van der Waals surface area contributed by atoms with Gasteiger partial charge in [0.15, 0.2) is 0 Å². The zero-order valence-electron chi connectivity index (χ0n) is 11.6. The van der Waals surface area contributed by atoms with Crippen LogP contribution in [0.3, 0.4) is 0 Å². The molecule has 1 saturated heterocycles. The van der Waals surface area contributed by atoms with E-state index in [2.05, 4.69) is 10.6 Å². The number of carbonyl (C=O) groups is 1. The highest BCUT2D eigenvalue weighted by atomic mass is 35.5. The van der Waals surface area contributed by atoms with Gasteiger partial charge in [-0.15, -0.1) is 12.4 Å². The van der Waals surface area contributed by atoms with Crippen LogP contribution in [-0.2, 0) is 15.1 Å². The van der Waals surface area contributed by atoms with Crippen molar-refractivity contribution in [2.24, 2.45) is 0 Å². The van der Waals surface area contributed by atoms with Gasteiger partial charge in [0.05, 0.1) is 12.1 Å². The largest absolute Gasteiger partial charge is 0.366 e. The Balaban J connectivity index is 0.00000200. The highest BCUT2D eigenvalue weighted by Crippen LogP contribution is 2.21. The quantitative estimate of drug-likeness (QED) is 0.891. The van der Waals surface area contributed by atoms with E-state index in [0.717, 1.165) is 12.1 Å². The van der Waals surface area contributed by atoms with Crippen molar-refractivity contribution in [1.82, 2.24) is 10.6 Å². The lowest BCUT2D eigenvalue weighted by molar-refractivity contribution is -0.136. The molecule has 1 fully saturated rings. The minimum Gasteiger partial charge on any atom is -0.366 e. The molecule has 112 valence electrons. The molecule has 0 radical (unpaired) electrons. The van der Waals surface area contributed by atoms with E-state index in [1.807, 2.05) is 13.8 Å². The number of ether oxygens (including phenoxy) is 1. The maximum Gasteiger partial charge on any atom is 0.251 e. The number of nitrogens with one attached hydrogen (secondary N) is 2. The van der Waals surface area contributed by atoms with Crippen LogP contribution in [0.5, 0.6) is 0 Å². The smallest absolute Gasteiger partial charge is 0.251 e. The number of carbonyl (C=O) groups excluding carboxylic acids is 1. The molecule has 1 aromatic rings. The topological polar surface area (TPSA) is 50.4 Å². The fourth-order valence-electron chi connectivity index (χ4n) is 2.07. The Morgan fingerprint density at radius 3 is 2.85 bits per heavy atom. The average molecular weight is 303 g/mol. The minimum absolute atomic E-state index is 0. The second kappa shape index (κ2) is 7.02. The van der Waals surface area contributed by atoms with Crippen molar-refractivity contribution in [3.63, 3.8) is 0 Å². The van der Waals surface area contributed by atoms with E-state index in [1.54, 1.807) is 12.1 Å². The summed E-state index contributed by atoms with van der Waals surface area (Å²) in [6, 6.07) is 6.25. The third-order valence-electron chi connectivity index (χ3n) is 3.20. The molecule has 1 aliphatic rings. The predicted octanol–water partition coefficient (Wildman–Crippen LogP) is 1.59. The summed E-state index contributed by atoms with van der Waals surface area (Å²) < 4.78 is 18.6. The molecule has 0 spiro atoms. The summed E-state index contributed by atoms with van der Waals surface area (Å²) in [4.78, 5) is 12.1. The Labute approximate surface area is 124 Å². The van der Waals surface area contributed by atoms with Gasteiger partial charge in [-0.25, -0.2) is 4.39 Å². The SMILES string of the molecule is CC(C)(NC(=O)C1CNCCO1)c1cccc(F)c1.Cl. The van der Waals surface area contributed by atoms with Gasteiger partial charge in [-0.2, -0.15) is 0 Å². The van der Waals surface area contributed by atoms with Gasteiger partial charge < -0.3 is 15.4 Å². The second-order valence-corrected chi connectivity index (χ2v) is 5.19. The van der Waals surface area contributed by atoms with Crippen molar-refractivity contribution in [1.29, 1.82) is 0 Å². The van der Waals surface area contributed by atoms with Gasteiger partial charge in [-0.3, -0.25) is 4.79 Å². The minimum atomic E-state index is -0.639. The first-order valence-electron chi connectivity index (χ1n) is 6.39. The molecule has 20 heavy (non-hydrogen) atoms. The number of hydrogen-bond acceptors (Lipinski definition) is 3. The van der Waals surface area contributed by atoms with E-state index in [0.29, 0.717) is 13.2 Å². The average Bonchev–Trinajstić information content (AvgIpc) is 2.39. The van der Waals surface area contributed by atoms with Crippen LogP contribution in [0, 0.1) is 5.82 Å². The molecule has 2 N–H and O–H groups in total. The lowest BCUT2D eigenvalue weighted by Crippen LogP contribution is -2.52. The Morgan fingerprint density at radius 2 is 2.25 bits per heavy atom. The third-order valence-corrected chi connectivity index (χ3v) is 3.20. The molecular weight excluding hydrogens is 283 g/mol. The molecule has 1 aliphatic heterocycles. The van der Waals surface area contributed by atoms with E-state index < -0.39 is 11.6 Å². The molecule has 0 aromatic heterocycles. The van der Waals surface area contributed by atoms with E-state index in [-0.39, 0.29) is 24.1 Å². The molecule has 2 rings (SSSR count). The first kappa shape index (κ1) is 16.9. The van der Waals surface area contributed by atoms with Crippen molar-refractivity contribution < 1.29 is 13.9 Å². The van der Waals surface area contributed by atoms with Gasteiger partial charge in [-0.05, 0) is 31.5 Å². The van der Waals surface area contributed by atoms with E-state index >= 15 is 0 Å². The molecule has 1 amide bonds. The van der Waals surface area contributed by atoms with Crippen LogP contribution in [0.2, 0.25) is 0 Å². The number of rotatable bonds is 3. The lowest BCUT2D eigenvalue weighted by atomic mass is 9.94. The molecule has 0 bridgehead atoms. The van der Waals surface area contributed by atoms with Crippen LogP contribution in [0.25, 0.3) is 0 Å². The fraction of sp³-hybridized carbons (Fsp3) is 0.500. The first-order valence-corrected chi connectivity index (χ1v) is 6.39. The second-order valence-electron chi connectivity index (χ2n) is 5.19. The zero-order chi connectivity index (χ0) is 13.9. The molecule has 0 saturated carbocycles. The van der Waals surface area contributed by atoms with E-state index in [9.17, 15) is 9.18 Å². The van der Waals surface area contributed by atoms with Crippen molar-refractivity contribution in [2.45, 2.75) is 25.5 Å². The van der Waals surface area contributed by atoms with E-state index in [4.69, 9.17) is 4.74 Å². The van der Waals surface area contributed by atoms with Crippen LogP contribution in [-0.4, -0.2) is 31.7 Å². The number of hydrogen-bond donors (Lipinski definition) is 2. The van der Waals surface area contributed by atoms with Crippen molar-refractivity contribution in [3.8, 4) is 0 Å². The monoisotopic (exact) mass is 302 g/mol. The summed E-state index contributed by atoms with van der Waals surface area (Å²) in [6.45, 7) is 5.48. The van der Waals surface area contributed by atoms with Crippen LogP contribution >= 0.6 is 12.4 Å². The summed E-state index contributed by atoms with van der Waals surface area (Å²) in [7, 11) is 0. The van der Waals surface area contributed by atoms with Crippen LogP contribution in [0.4, 0.5) is 4.39 Å². The third kappa shape index (κ3) is 4.16. The maximum atomic E-state index is 13.2. The normalized spacial score (nSPS) is 19.1. The van der Waals surface area contributed by atoms with Crippen LogP contribution < -0.4 is 10.6 Å². The molecular formula is C14H20ClFN2O2. The predicted molar refractivity (Wildman–Crippen MR) is 77.4 cm³/mol. The Bertz CT molecular complexity index is 462. The fourth-order valence-corrected chi connectivity index (χ4v) is 2.07. The molecule has 6 heteroatoms. The summed E-state index contributed by atoms with van der Waals surface area (Å²) in [5.74, 6) is -0.489. The van der Waals surface area contributed by atoms with E-state index in [1.165, 1.54) is 12.1 Å². The summed E-state index contributed by atoms with van der Waals surface area (Å²) in [6.07, 6.45) is -0.485. The highest BCUT2D eigenvalue weighted by molar-refractivity contribution is 5.85. The zero-order valence-corrected chi connectivity index (χ0v) is 12.4. The van der Waals surface area contributed by atoms with Crippen molar-refractivity contribution in [3.05, 3.63) is 35.6 Å². The highest BCUT2D eigenvalue weighted by Gasteiger charge is 2.29. The van der Waals surface area contributed by atoms with Gasteiger partial charge in [0.25, 0.3) is 5.91 Å². The Kier molecular flexibility index (Phi) is 5.92. The first-order chi connectivity index (χ1) is 8.99. The van der Waals surface area contributed by atoms with Gasteiger partial charge >= 0.3 is 0 Å². The van der Waals surface area contributed by atoms with Crippen molar-refractivity contribution >= 4 is 18.3 Å². The molecule has 1 atom stereocenters. The Morgan fingerprint density at radius 1 is 1.50 bits per heavy atom. The van der Waals surface area contributed by atoms with Gasteiger partial charge in [0.1, 0.15) is 11.9 Å². The standard InChI is InChI=1S/C14H19FN2O2.ClH/c1-14(2,10-4-3-5-11(15)8-10)17-13(18)12-9-16-6-7-19-12;/h3-5,8,12,16H,6-7,9H2,1-2H3,(H,17,18);1H. The molecule has 1 aromatic carbocycles. The van der Waals surface area contributed by atoms with Gasteiger partial charge in [0.2, 0.25) is 0 Å². The molecule has 4 nitrogen and oxygen atoms in total. The number of amides is 1. The maximum absolute atomic E-state index is 13.2. The number of morpholine rings is 1. The summed E-state index contributed by atoms with van der Waals surface area (Å²) >= 11 is 0. The van der Waals surface area contributed by atoms with Crippen LogP contribution in [0.15, 0.2) is 24.3 Å². The van der Waals surface area contributed by atoms with Gasteiger partial charge in [0, 0.05) is 13.1 Å². The molecule has 1 heterocycles. The van der Waals surface area contributed by atoms with Gasteiger partial charge in [-0.1, -0.05) is 12.1 Å². The van der Waals surface area contributed by atoms with Crippen LogP contribution in [0.1, 0.15) is 19.4 Å². The Hall–Kier alpha value is -1.17. The number of halogens is 2. The number of benzene rings is 1. The summed E-state index contributed by atoms with van der Waals surface area (Å²) in [5.41, 5.74) is 0.0876. The summed E-state index contributed by atoms with van der Waals surface area (Å²) in [5, 5.41) is 6.00. The molecule has 0 aliphatic carbocycles.